The molecule has 0 fully saturated rings. The first kappa shape index (κ1) is 19.2. The van der Waals surface area contributed by atoms with Gasteiger partial charge in [-0.3, -0.25) is 4.79 Å². The Hall–Kier alpha value is -0.460. The molecule has 0 heterocycles. The predicted octanol–water partition coefficient (Wildman–Crippen LogP) is -0.0605. The van der Waals surface area contributed by atoms with Crippen LogP contribution in [-0.4, -0.2) is 37.0 Å². The van der Waals surface area contributed by atoms with E-state index < -0.39 is 13.8 Å². The lowest BCUT2D eigenvalue weighted by Gasteiger charge is -1.82. The first-order valence-corrected chi connectivity index (χ1v) is 5.25. The smallest absolute Gasteiger partial charge is 0.466 e. The van der Waals surface area contributed by atoms with Crippen molar-refractivity contribution < 1.29 is 34.3 Å². The minimum Gasteiger partial charge on any atom is -0.481 e. The maximum atomic E-state index is 9.37. The third kappa shape index (κ3) is 541. The van der Waals surface area contributed by atoms with Gasteiger partial charge >= 0.3 is 13.8 Å². The summed E-state index contributed by atoms with van der Waals surface area (Å²) in [6.07, 6.45) is 0.0556. The molecule has 0 aliphatic carbocycles. The van der Waals surface area contributed by atoms with Crippen LogP contribution in [0.25, 0.3) is 0 Å². The minimum absolute atomic E-state index is 0.167. The molecule has 0 aliphatic rings. The van der Waals surface area contributed by atoms with Crippen molar-refractivity contribution >= 4 is 13.8 Å². The second-order valence-corrected chi connectivity index (χ2v) is 3.38. The molecule has 0 rings (SSSR count). The van der Waals surface area contributed by atoms with Gasteiger partial charge in [-0.15, -0.1) is 0 Å². The summed E-state index contributed by atoms with van der Waals surface area (Å²) in [7, 11) is -4.64. The van der Waals surface area contributed by atoms with E-state index in [0.29, 0.717) is 0 Å². The number of phosphoric acid groups is 1. The number of carboxylic acid groups (broad SMARTS) is 1. The van der Waals surface area contributed by atoms with Crippen LogP contribution in [0.3, 0.4) is 0 Å². The highest BCUT2D eigenvalue weighted by Gasteiger charge is 2.00. The number of aliphatic hydroxyl groups excluding tert-OH is 1. The molecule has 14 heavy (non-hydrogen) atoms. The molecule has 7 nitrogen and oxygen atoms in total. The number of hydrogen-bond donors (Lipinski definition) is 5. The Kier molecular flexibility index (Phi) is 14.5. The molecular formula is C6H17O7P. The van der Waals surface area contributed by atoms with Crippen LogP contribution in [-0.2, 0) is 9.36 Å². The summed E-state index contributed by atoms with van der Waals surface area (Å²) in [6.45, 7) is 5.04. The third-order valence-corrected chi connectivity index (χ3v) is 0.302. The monoisotopic (exact) mass is 232 g/mol. The molecule has 5 N–H and O–H groups in total. The van der Waals surface area contributed by atoms with Gasteiger partial charge in [0.15, 0.2) is 0 Å². The molecule has 0 aromatic carbocycles. The van der Waals surface area contributed by atoms with Crippen LogP contribution < -0.4 is 0 Å². The van der Waals surface area contributed by atoms with Crippen LogP contribution in [0, 0.1) is 0 Å². The second-order valence-electron chi connectivity index (χ2n) is 2.35. The van der Waals surface area contributed by atoms with E-state index in [-0.39, 0.29) is 12.5 Å². The van der Waals surface area contributed by atoms with Crippen molar-refractivity contribution in [2.45, 2.75) is 33.3 Å². The van der Waals surface area contributed by atoms with Gasteiger partial charge in [-0.05, 0) is 13.8 Å². The van der Waals surface area contributed by atoms with Crippen LogP contribution >= 0.6 is 7.82 Å². The fraction of sp³-hybridized carbons (Fsp3) is 0.833. The summed E-state index contributed by atoms with van der Waals surface area (Å²) >= 11 is 0. The van der Waals surface area contributed by atoms with Gasteiger partial charge in [-0.2, -0.15) is 0 Å². The molecule has 0 atom stereocenters. The van der Waals surface area contributed by atoms with Crippen molar-refractivity contribution in [1.82, 2.24) is 0 Å². The summed E-state index contributed by atoms with van der Waals surface area (Å²) in [5, 5.41) is 15.8. The van der Waals surface area contributed by atoms with E-state index in [1.54, 1.807) is 20.8 Å². The van der Waals surface area contributed by atoms with Crippen LogP contribution in [0.2, 0.25) is 0 Å². The Morgan fingerprint density at radius 1 is 1.29 bits per heavy atom. The SMILES string of the molecule is CC(C)O.CCC(=O)O.O=P(O)(O)O. The lowest BCUT2D eigenvalue weighted by molar-refractivity contribution is -0.136. The lowest BCUT2D eigenvalue weighted by atomic mass is 10.5. The Morgan fingerprint density at radius 2 is 1.36 bits per heavy atom. The highest BCUT2D eigenvalue weighted by molar-refractivity contribution is 7.45. The first-order valence-electron chi connectivity index (χ1n) is 3.68. The van der Waals surface area contributed by atoms with E-state index in [9.17, 15) is 4.79 Å². The molecule has 0 spiro atoms. The van der Waals surface area contributed by atoms with E-state index in [4.69, 9.17) is 29.5 Å². The van der Waals surface area contributed by atoms with Crippen LogP contribution in [0.15, 0.2) is 0 Å². The summed E-state index contributed by atoms with van der Waals surface area (Å²) in [4.78, 5) is 30.9. The quantitative estimate of drug-likeness (QED) is 0.399. The molecule has 0 aromatic rings. The summed E-state index contributed by atoms with van der Waals surface area (Å²) < 4.78 is 8.88. The van der Waals surface area contributed by atoms with Crippen LogP contribution in [0.1, 0.15) is 27.2 Å². The van der Waals surface area contributed by atoms with Gasteiger partial charge < -0.3 is 24.9 Å². The molecule has 8 heteroatoms. The molecule has 0 aromatic heterocycles. The van der Waals surface area contributed by atoms with Gasteiger partial charge in [0.1, 0.15) is 0 Å². The van der Waals surface area contributed by atoms with Gasteiger partial charge in [0.2, 0.25) is 0 Å². The zero-order chi connectivity index (χ0) is 12.4. The normalized spacial score (nSPS) is 9.43. The zero-order valence-electron chi connectivity index (χ0n) is 8.28. The largest absolute Gasteiger partial charge is 0.481 e. The van der Waals surface area contributed by atoms with Crippen LogP contribution in [0.5, 0.6) is 0 Å². The number of aliphatic carboxylic acids is 1. The maximum absolute atomic E-state index is 9.37. The van der Waals surface area contributed by atoms with Gasteiger partial charge in [0.05, 0.1) is 0 Å². The number of aliphatic hydroxyl groups is 1. The second kappa shape index (κ2) is 10.6. The van der Waals surface area contributed by atoms with Crippen molar-refractivity contribution in [3.63, 3.8) is 0 Å². The van der Waals surface area contributed by atoms with E-state index in [1.807, 2.05) is 0 Å². The highest BCUT2D eigenvalue weighted by Crippen LogP contribution is 2.25. The molecule has 0 saturated carbocycles. The fourth-order valence-electron chi connectivity index (χ4n) is 0. The average molecular weight is 232 g/mol. The van der Waals surface area contributed by atoms with E-state index in [0.717, 1.165) is 0 Å². The Balaban J connectivity index is -0.000000131. The molecule has 0 radical (unpaired) electrons. The number of carboxylic acids is 1. The number of hydrogen-bond acceptors (Lipinski definition) is 3. The maximum Gasteiger partial charge on any atom is 0.466 e. The van der Waals surface area contributed by atoms with Gasteiger partial charge in [0.25, 0.3) is 0 Å². The van der Waals surface area contributed by atoms with Crippen molar-refractivity contribution in [2.24, 2.45) is 0 Å². The Bertz CT molecular complexity index is 162. The average Bonchev–Trinajstić information content (AvgIpc) is 1.82. The summed E-state index contributed by atoms with van der Waals surface area (Å²) in [5.41, 5.74) is 0. The van der Waals surface area contributed by atoms with Crippen LogP contribution in [0.4, 0.5) is 0 Å². The summed E-state index contributed by atoms with van der Waals surface area (Å²) in [5.74, 6) is -0.745. The van der Waals surface area contributed by atoms with Crippen molar-refractivity contribution in [2.75, 3.05) is 0 Å². The van der Waals surface area contributed by atoms with E-state index in [1.165, 1.54) is 0 Å². The minimum atomic E-state index is -4.64. The third-order valence-electron chi connectivity index (χ3n) is 0.302. The molecular weight excluding hydrogens is 215 g/mol. The van der Waals surface area contributed by atoms with Gasteiger partial charge in [-0.25, -0.2) is 4.57 Å². The topological polar surface area (TPSA) is 135 Å². The molecule has 0 amide bonds. The molecule has 0 aliphatic heterocycles. The Labute approximate surface area is 82.3 Å². The lowest BCUT2D eigenvalue weighted by Crippen LogP contribution is -1.86. The van der Waals surface area contributed by atoms with Crippen molar-refractivity contribution in [3.8, 4) is 0 Å². The van der Waals surface area contributed by atoms with Gasteiger partial charge in [0, 0.05) is 12.5 Å². The standard InChI is InChI=1S/C3H6O2.C3H8O.H3O4P/c1-2-3(4)5;1-3(2)4;1-5(2,3)4/h2H2,1H3,(H,4,5);3-4H,1-2H3;(H3,1,2,3,4). The predicted molar refractivity (Wildman–Crippen MR) is 49.5 cm³/mol. The number of carbonyl (C=O) groups is 1. The summed E-state index contributed by atoms with van der Waals surface area (Å²) in [6, 6.07) is 0. The Morgan fingerprint density at radius 3 is 1.36 bits per heavy atom. The van der Waals surface area contributed by atoms with Gasteiger partial charge in [-0.1, -0.05) is 6.92 Å². The van der Waals surface area contributed by atoms with Crippen molar-refractivity contribution in [1.29, 1.82) is 0 Å². The molecule has 0 unspecified atom stereocenters. The molecule has 0 bridgehead atoms. The zero-order valence-corrected chi connectivity index (χ0v) is 9.18. The number of rotatable bonds is 1. The molecule has 0 saturated heterocycles. The fourth-order valence-corrected chi connectivity index (χ4v) is 0. The molecule has 88 valence electrons. The highest BCUT2D eigenvalue weighted by atomic mass is 31.2. The van der Waals surface area contributed by atoms with Crippen molar-refractivity contribution in [3.05, 3.63) is 0 Å². The first-order chi connectivity index (χ1) is 6.00. The van der Waals surface area contributed by atoms with E-state index >= 15 is 0 Å². The van der Waals surface area contributed by atoms with E-state index in [2.05, 4.69) is 0 Å².